The van der Waals surface area contributed by atoms with Crippen molar-refractivity contribution in [3.05, 3.63) is 24.0 Å². The topological polar surface area (TPSA) is 24.5 Å². The summed E-state index contributed by atoms with van der Waals surface area (Å²) in [7, 11) is 0. The molecular weight excluding hydrogens is 267 g/mol. The third kappa shape index (κ3) is 4.60. The van der Waals surface area contributed by atoms with Crippen LogP contribution in [0.1, 0.15) is 34.1 Å². The Bertz CT molecular complexity index is 470. The van der Waals surface area contributed by atoms with Crippen molar-refractivity contribution >= 4 is 5.69 Å². The van der Waals surface area contributed by atoms with Crippen LogP contribution >= 0.6 is 0 Å². The molecule has 0 saturated carbocycles. The van der Waals surface area contributed by atoms with Gasteiger partial charge in [-0.3, -0.25) is 0 Å². The van der Waals surface area contributed by atoms with E-state index in [-0.39, 0.29) is 11.4 Å². The van der Waals surface area contributed by atoms with Crippen molar-refractivity contribution in [2.45, 2.75) is 39.7 Å². The van der Waals surface area contributed by atoms with E-state index in [0.717, 1.165) is 31.7 Å². The van der Waals surface area contributed by atoms with Crippen LogP contribution in [-0.4, -0.2) is 31.8 Å². The number of halogens is 1. The van der Waals surface area contributed by atoms with Crippen molar-refractivity contribution in [2.75, 3.05) is 31.1 Å². The van der Waals surface area contributed by atoms with Crippen LogP contribution in [0.4, 0.5) is 10.1 Å². The molecule has 1 fully saturated rings. The average molecular weight is 294 g/mol. The van der Waals surface area contributed by atoms with E-state index in [1.54, 1.807) is 12.1 Å². The third-order valence-corrected chi connectivity index (χ3v) is 3.79. The highest BCUT2D eigenvalue weighted by atomic mass is 19.1. The zero-order valence-corrected chi connectivity index (χ0v) is 13.6. The molecule has 1 unspecified atom stereocenters. The molecule has 1 N–H and O–H groups in total. The molecule has 21 heavy (non-hydrogen) atoms. The molecule has 3 nitrogen and oxygen atoms in total. The van der Waals surface area contributed by atoms with Crippen molar-refractivity contribution in [3.8, 4) is 5.75 Å². The Morgan fingerprint density at radius 1 is 1.38 bits per heavy atom. The van der Waals surface area contributed by atoms with Crippen molar-refractivity contribution in [1.82, 2.24) is 5.32 Å². The minimum absolute atomic E-state index is 0.151. The van der Waals surface area contributed by atoms with Crippen LogP contribution in [0.3, 0.4) is 0 Å². The van der Waals surface area contributed by atoms with Gasteiger partial charge in [-0.1, -0.05) is 0 Å². The van der Waals surface area contributed by atoms with Gasteiger partial charge in [0.2, 0.25) is 0 Å². The van der Waals surface area contributed by atoms with E-state index in [2.05, 4.69) is 31.0 Å². The van der Waals surface area contributed by atoms with Crippen LogP contribution in [-0.2, 0) is 0 Å². The normalized spacial score (nSPS) is 19.1. The molecule has 0 aromatic heterocycles. The predicted octanol–water partition coefficient (Wildman–Crippen LogP) is 3.44. The lowest BCUT2D eigenvalue weighted by atomic mass is 10.1. The number of rotatable bonds is 5. The molecule has 1 aromatic carbocycles. The lowest BCUT2D eigenvalue weighted by molar-refractivity contribution is 0.321. The lowest BCUT2D eigenvalue weighted by Crippen LogP contribution is -2.39. The zero-order valence-electron chi connectivity index (χ0n) is 13.6. The summed E-state index contributed by atoms with van der Waals surface area (Å²) in [5.41, 5.74) is 1.10. The zero-order chi connectivity index (χ0) is 15.5. The molecule has 0 radical (unpaired) electrons. The maximum absolute atomic E-state index is 13.9. The second-order valence-corrected chi connectivity index (χ2v) is 6.78. The molecule has 0 aliphatic carbocycles. The first kappa shape index (κ1) is 16.1. The predicted molar refractivity (Wildman–Crippen MR) is 85.6 cm³/mol. The first-order chi connectivity index (χ1) is 9.89. The number of hydrogen-bond donors (Lipinski definition) is 1. The van der Waals surface area contributed by atoms with E-state index in [9.17, 15) is 4.39 Å². The second kappa shape index (κ2) is 6.65. The molecule has 0 spiro atoms. The summed E-state index contributed by atoms with van der Waals surface area (Å²) in [6, 6.07) is 5.27. The molecule has 2 rings (SSSR count). The van der Waals surface area contributed by atoms with Crippen LogP contribution in [0.5, 0.6) is 5.75 Å². The summed E-state index contributed by atoms with van der Waals surface area (Å²) in [6.45, 7) is 11.9. The van der Waals surface area contributed by atoms with E-state index in [4.69, 9.17) is 4.74 Å². The summed E-state index contributed by atoms with van der Waals surface area (Å²) in [5.74, 6) is 0.691. The van der Waals surface area contributed by atoms with Gasteiger partial charge < -0.3 is 15.0 Å². The van der Waals surface area contributed by atoms with Crippen molar-refractivity contribution in [1.29, 1.82) is 0 Å². The SMILES string of the molecule is CCOc1ccc(N2CCC(CNC(C)(C)C)C2)cc1F. The summed E-state index contributed by atoms with van der Waals surface area (Å²) in [6.07, 6.45) is 1.15. The van der Waals surface area contributed by atoms with Crippen LogP contribution in [0.25, 0.3) is 0 Å². The van der Waals surface area contributed by atoms with Gasteiger partial charge in [-0.05, 0) is 52.2 Å². The standard InChI is InChI=1S/C17H27FN2O/c1-5-21-16-7-6-14(10-15(16)18)20-9-8-13(12-20)11-19-17(2,3)4/h6-7,10,13,19H,5,8-9,11-12H2,1-4H3. The summed E-state index contributed by atoms with van der Waals surface area (Å²) >= 11 is 0. The summed E-state index contributed by atoms with van der Waals surface area (Å²) in [5, 5.41) is 3.55. The van der Waals surface area contributed by atoms with Crippen molar-refractivity contribution < 1.29 is 9.13 Å². The summed E-state index contributed by atoms with van der Waals surface area (Å²) in [4.78, 5) is 2.26. The molecule has 1 saturated heterocycles. The van der Waals surface area contributed by atoms with Crippen molar-refractivity contribution in [3.63, 3.8) is 0 Å². The maximum Gasteiger partial charge on any atom is 0.167 e. The Balaban J connectivity index is 1.93. The van der Waals surface area contributed by atoms with Crippen LogP contribution in [0.15, 0.2) is 18.2 Å². The minimum atomic E-state index is -0.273. The van der Waals surface area contributed by atoms with Crippen molar-refractivity contribution in [2.24, 2.45) is 5.92 Å². The van der Waals surface area contributed by atoms with Gasteiger partial charge in [0.05, 0.1) is 6.61 Å². The van der Waals surface area contributed by atoms with E-state index >= 15 is 0 Å². The van der Waals surface area contributed by atoms with Gasteiger partial charge in [0.25, 0.3) is 0 Å². The van der Waals surface area contributed by atoms with Gasteiger partial charge in [0, 0.05) is 36.9 Å². The number of anilines is 1. The van der Waals surface area contributed by atoms with E-state index in [0.29, 0.717) is 18.3 Å². The first-order valence-corrected chi connectivity index (χ1v) is 7.81. The molecule has 0 bridgehead atoms. The van der Waals surface area contributed by atoms with Gasteiger partial charge in [-0.15, -0.1) is 0 Å². The smallest absolute Gasteiger partial charge is 0.167 e. The Hall–Kier alpha value is -1.29. The van der Waals surface area contributed by atoms with Gasteiger partial charge in [-0.2, -0.15) is 0 Å². The van der Waals surface area contributed by atoms with Gasteiger partial charge in [0.1, 0.15) is 0 Å². The minimum Gasteiger partial charge on any atom is -0.491 e. The Morgan fingerprint density at radius 3 is 2.76 bits per heavy atom. The molecule has 1 atom stereocenters. The largest absolute Gasteiger partial charge is 0.491 e. The summed E-state index contributed by atoms with van der Waals surface area (Å²) < 4.78 is 19.2. The fraction of sp³-hybridized carbons (Fsp3) is 0.647. The Kier molecular flexibility index (Phi) is 5.09. The van der Waals surface area contributed by atoms with E-state index in [1.165, 1.54) is 0 Å². The number of hydrogen-bond acceptors (Lipinski definition) is 3. The fourth-order valence-electron chi connectivity index (χ4n) is 2.64. The second-order valence-electron chi connectivity index (χ2n) is 6.78. The fourth-order valence-corrected chi connectivity index (χ4v) is 2.64. The van der Waals surface area contributed by atoms with Gasteiger partial charge >= 0.3 is 0 Å². The molecule has 1 heterocycles. The highest BCUT2D eigenvalue weighted by molar-refractivity contribution is 5.50. The molecule has 118 valence electrons. The van der Waals surface area contributed by atoms with Crippen LogP contribution < -0.4 is 15.0 Å². The van der Waals surface area contributed by atoms with E-state index in [1.807, 2.05) is 13.0 Å². The molecule has 1 aliphatic heterocycles. The lowest BCUT2D eigenvalue weighted by Gasteiger charge is -2.24. The quantitative estimate of drug-likeness (QED) is 0.900. The number of ether oxygens (including phenoxy) is 1. The van der Waals surface area contributed by atoms with E-state index < -0.39 is 0 Å². The molecule has 4 heteroatoms. The Labute approximate surface area is 127 Å². The number of nitrogens with zero attached hydrogens (tertiary/aromatic N) is 1. The number of benzene rings is 1. The third-order valence-electron chi connectivity index (χ3n) is 3.79. The number of nitrogens with one attached hydrogen (secondary N) is 1. The molecule has 1 aliphatic rings. The Morgan fingerprint density at radius 2 is 2.14 bits per heavy atom. The van der Waals surface area contributed by atoms with Gasteiger partial charge in [-0.25, -0.2) is 4.39 Å². The van der Waals surface area contributed by atoms with Crippen LogP contribution in [0.2, 0.25) is 0 Å². The van der Waals surface area contributed by atoms with Crippen LogP contribution in [0, 0.1) is 11.7 Å². The monoisotopic (exact) mass is 294 g/mol. The van der Waals surface area contributed by atoms with Gasteiger partial charge in [0.15, 0.2) is 11.6 Å². The average Bonchev–Trinajstić information content (AvgIpc) is 2.87. The highest BCUT2D eigenvalue weighted by Gasteiger charge is 2.24. The first-order valence-electron chi connectivity index (χ1n) is 7.81. The maximum atomic E-state index is 13.9. The highest BCUT2D eigenvalue weighted by Crippen LogP contribution is 2.28. The molecular formula is C17H27FN2O. The molecule has 1 aromatic rings. The molecule has 0 amide bonds.